The zero-order valence-electron chi connectivity index (χ0n) is 8.25. The summed E-state index contributed by atoms with van der Waals surface area (Å²) in [5.41, 5.74) is 0.00578. The first-order valence-electron chi connectivity index (χ1n) is 5.04. The molecule has 0 radical (unpaired) electrons. The Kier molecular flexibility index (Phi) is 3.73. The van der Waals surface area contributed by atoms with E-state index < -0.39 is 0 Å². The van der Waals surface area contributed by atoms with Crippen molar-refractivity contribution < 1.29 is 4.74 Å². The predicted molar refractivity (Wildman–Crippen MR) is 62.7 cm³/mol. The van der Waals surface area contributed by atoms with Crippen molar-refractivity contribution in [3.63, 3.8) is 0 Å². The van der Waals surface area contributed by atoms with Crippen LogP contribution in [0.5, 0.6) is 5.75 Å². The van der Waals surface area contributed by atoms with E-state index in [1.54, 1.807) is 0 Å². The molecule has 0 bridgehead atoms. The molecule has 0 saturated carbocycles. The van der Waals surface area contributed by atoms with Crippen LogP contribution >= 0.6 is 23.2 Å². The normalized spacial score (nSPS) is 26.3. The van der Waals surface area contributed by atoms with E-state index >= 15 is 0 Å². The maximum absolute atomic E-state index is 6.01. The topological polar surface area (TPSA) is 21.3 Å². The van der Waals surface area contributed by atoms with Gasteiger partial charge in [-0.1, -0.05) is 23.7 Å². The van der Waals surface area contributed by atoms with Gasteiger partial charge in [0, 0.05) is 6.42 Å². The quantitative estimate of drug-likeness (QED) is 0.639. The summed E-state index contributed by atoms with van der Waals surface area (Å²) >= 11 is 12.0. The molecule has 82 valence electrons. The number of ether oxygens (including phenoxy) is 1. The molecule has 0 aliphatic carbocycles. The molecule has 2 rings (SSSR count). The van der Waals surface area contributed by atoms with Gasteiger partial charge < -0.3 is 10.1 Å². The van der Waals surface area contributed by atoms with Crippen LogP contribution in [0.25, 0.3) is 0 Å². The van der Waals surface area contributed by atoms with Crippen LogP contribution in [0.4, 0.5) is 0 Å². The third kappa shape index (κ3) is 3.00. The standard InChI is InChI=1S/C11H13Cl2NO/c12-9-3-1-2-4-10(9)15-8-5-6-14-11(13)7-8/h1-4,8,11,14H,5-7H2/t8-,11+/m1/s1. The fourth-order valence-corrected chi connectivity index (χ4v) is 2.15. The Morgan fingerprint density at radius 1 is 1.33 bits per heavy atom. The van der Waals surface area contributed by atoms with Crippen molar-refractivity contribution in [1.29, 1.82) is 0 Å². The van der Waals surface area contributed by atoms with Crippen molar-refractivity contribution >= 4 is 23.2 Å². The maximum Gasteiger partial charge on any atom is 0.138 e. The van der Waals surface area contributed by atoms with E-state index in [0.717, 1.165) is 25.1 Å². The van der Waals surface area contributed by atoms with Gasteiger partial charge in [-0.25, -0.2) is 0 Å². The van der Waals surface area contributed by atoms with Crippen molar-refractivity contribution in [3.05, 3.63) is 29.3 Å². The average molecular weight is 246 g/mol. The number of nitrogens with one attached hydrogen (secondary N) is 1. The highest BCUT2D eigenvalue weighted by atomic mass is 35.5. The van der Waals surface area contributed by atoms with Crippen molar-refractivity contribution in [2.75, 3.05) is 6.54 Å². The molecule has 4 heteroatoms. The fraction of sp³-hybridized carbons (Fsp3) is 0.455. The van der Waals surface area contributed by atoms with Gasteiger partial charge in [0.15, 0.2) is 0 Å². The first-order valence-corrected chi connectivity index (χ1v) is 5.86. The lowest BCUT2D eigenvalue weighted by Gasteiger charge is -2.27. The molecule has 0 amide bonds. The number of hydrogen-bond donors (Lipinski definition) is 1. The molecule has 1 fully saturated rings. The van der Waals surface area contributed by atoms with Gasteiger partial charge in [0.1, 0.15) is 11.9 Å². The summed E-state index contributed by atoms with van der Waals surface area (Å²) in [6.07, 6.45) is 1.94. The van der Waals surface area contributed by atoms with E-state index in [9.17, 15) is 0 Å². The van der Waals surface area contributed by atoms with Crippen molar-refractivity contribution in [1.82, 2.24) is 5.32 Å². The second kappa shape index (κ2) is 5.06. The van der Waals surface area contributed by atoms with Crippen molar-refractivity contribution in [2.45, 2.75) is 24.4 Å². The van der Waals surface area contributed by atoms with Crippen LogP contribution in [-0.2, 0) is 0 Å². The first-order chi connectivity index (χ1) is 7.25. The summed E-state index contributed by atoms with van der Waals surface area (Å²) in [7, 11) is 0. The Labute approximate surface area is 99.5 Å². The smallest absolute Gasteiger partial charge is 0.138 e. The summed E-state index contributed by atoms with van der Waals surface area (Å²) in [5.74, 6) is 0.745. The monoisotopic (exact) mass is 245 g/mol. The molecule has 1 aromatic carbocycles. The van der Waals surface area contributed by atoms with Gasteiger partial charge in [-0.3, -0.25) is 0 Å². The van der Waals surface area contributed by atoms with Gasteiger partial charge in [0.2, 0.25) is 0 Å². The minimum atomic E-state index is 0.00578. The van der Waals surface area contributed by atoms with Crippen LogP contribution in [0.1, 0.15) is 12.8 Å². The lowest BCUT2D eigenvalue weighted by molar-refractivity contribution is 0.155. The summed E-state index contributed by atoms with van der Waals surface area (Å²) in [6.45, 7) is 0.892. The van der Waals surface area contributed by atoms with E-state index in [4.69, 9.17) is 27.9 Å². The van der Waals surface area contributed by atoms with Crippen LogP contribution in [-0.4, -0.2) is 18.1 Å². The van der Waals surface area contributed by atoms with Crippen molar-refractivity contribution in [3.8, 4) is 5.75 Å². The summed E-state index contributed by atoms with van der Waals surface area (Å²) < 4.78 is 5.80. The lowest BCUT2D eigenvalue weighted by atomic mass is 10.1. The molecule has 0 aromatic heterocycles. The highest BCUT2D eigenvalue weighted by molar-refractivity contribution is 6.32. The van der Waals surface area contributed by atoms with E-state index in [1.165, 1.54) is 0 Å². The molecule has 1 aromatic rings. The molecule has 1 saturated heterocycles. The second-order valence-electron chi connectivity index (χ2n) is 3.62. The van der Waals surface area contributed by atoms with Crippen LogP contribution in [0.3, 0.4) is 0 Å². The van der Waals surface area contributed by atoms with Gasteiger partial charge >= 0.3 is 0 Å². The van der Waals surface area contributed by atoms with Gasteiger partial charge in [-0.15, -0.1) is 11.6 Å². The van der Waals surface area contributed by atoms with E-state index in [2.05, 4.69) is 5.32 Å². The van der Waals surface area contributed by atoms with Crippen LogP contribution in [0.2, 0.25) is 5.02 Å². The predicted octanol–water partition coefficient (Wildman–Crippen LogP) is 3.04. The zero-order valence-corrected chi connectivity index (χ0v) is 9.76. The third-order valence-corrected chi connectivity index (χ3v) is 3.08. The third-order valence-electron chi connectivity index (χ3n) is 2.43. The summed E-state index contributed by atoms with van der Waals surface area (Å²) in [4.78, 5) is 0. The van der Waals surface area contributed by atoms with Gasteiger partial charge in [0.05, 0.1) is 10.5 Å². The SMILES string of the molecule is Clc1ccccc1O[C@@H]1CCN[C@H](Cl)C1. The zero-order chi connectivity index (χ0) is 10.7. The first kappa shape index (κ1) is 11.1. The number of halogens is 2. The highest BCUT2D eigenvalue weighted by Gasteiger charge is 2.21. The maximum atomic E-state index is 6.01. The molecular weight excluding hydrogens is 233 g/mol. The lowest BCUT2D eigenvalue weighted by Crippen LogP contribution is -2.39. The molecule has 1 N–H and O–H groups in total. The molecule has 15 heavy (non-hydrogen) atoms. The number of para-hydroxylation sites is 1. The van der Waals surface area contributed by atoms with Crippen LogP contribution < -0.4 is 10.1 Å². The van der Waals surface area contributed by atoms with E-state index in [-0.39, 0.29) is 11.6 Å². The van der Waals surface area contributed by atoms with Crippen LogP contribution in [0.15, 0.2) is 24.3 Å². The molecule has 0 spiro atoms. The molecule has 2 nitrogen and oxygen atoms in total. The Balaban J connectivity index is 1.99. The Morgan fingerprint density at radius 3 is 2.87 bits per heavy atom. The Morgan fingerprint density at radius 2 is 2.13 bits per heavy atom. The number of piperidine rings is 1. The summed E-state index contributed by atoms with van der Waals surface area (Å²) in [5, 5.41) is 3.82. The Hall–Kier alpha value is -0.440. The number of rotatable bonds is 2. The van der Waals surface area contributed by atoms with E-state index in [1.807, 2.05) is 24.3 Å². The molecule has 0 unspecified atom stereocenters. The largest absolute Gasteiger partial charge is 0.489 e. The molecular formula is C11H13Cl2NO. The molecule has 2 atom stereocenters. The average Bonchev–Trinajstić information content (AvgIpc) is 2.22. The minimum absolute atomic E-state index is 0.00578. The number of alkyl halides is 1. The molecule has 1 heterocycles. The highest BCUT2D eigenvalue weighted by Crippen LogP contribution is 2.26. The van der Waals surface area contributed by atoms with Crippen molar-refractivity contribution in [2.24, 2.45) is 0 Å². The Bertz CT molecular complexity index is 332. The summed E-state index contributed by atoms with van der Waals surface area (Å²) in [6, 6.07) is 7.52. The fourth-order valence-electron chi connectivity index (χ4n) is 1.66. The van der Waals surface area contributed by atoms with Gasteiger partial charge in [-0.2, -0.15) is 0 Å². The molecule has 1 aliphatic rings. The minimum Gasteiger partial charge on any atom is -0.489 e. The van der Waals surface area contributed by atoms with Crippen LogP contribution in [0, 0.1) is 0 Å². The second-order valence-corrected chi connectivity index (χ2v) is 4.55. The molecule has 1 aliphatic heterocycles. The van der Waals surface area contributed by atoms with Gasteiger partial charge in [0.25, 0.3) is 0 Å². The van der Waals surface area contributed by atoms with Gasteiger partial charge in [-0.05, 0) is 25.1 Å². The van der Waals surface area contributed by atoms with E-state index in [0.29, 0.717) is 5.02 Å². The number of hydrogen-bond acceptors (Lipinski definition) is 2. The number of benzene rings is 1.